The summed E-state index contributed by atoms with van der Waals surface area (Å²) in [5.74, 6) is 0.331. The molecule has 1 amide bonds. The topological polar surface area (TPSA) is 47.4 Å². The van der Waals surface area contributed by atoms with Gasteiger partial charge in [-0.1, -0.05) is 35.9 Å². The summed E-state index contributed by atoms with van der Waals surface area (Å²) in [4.78, 5) is 14.6. The number of amides is 1. The fraction of sp³-hybridized carbons (Fsp3) is 0.188. The minimum Gasteiger partial charge on any atom is -0.457 e. The summed E-state index contributed by atoms with van der Waals surface area (Å²) in [7, 11) is 0. The third-order valence-corrected chi connectivity index (χ3v) is 7.48. The van der Waals surface area contributed by atoms with Crippen molar-refractivity contribution in [1.82, 2.24) is 14.7 Å². The highest BCUT2D eigenvalue weighted by atomic mass is 35.5. The van der Waals surface area contributed by atoms with Gasteiger partial charge in [-0.3, -0.25) is 9.48 Å². The van der Waals surface area contributed by atoms with Crippen molar-refractivity contribution >= 4 is 28.4 Å². The molecule has 10 heteroatoms. The number of alkyl halides is 3. The summed E-state index contributed by atoms with van der Waals surface area (Å²) in [6.45, 7) is 1.37. The summed E-state index contributed by atoms with van der Waals surface area (Å²) < 4.78 is 63.6. The lowest BCUT2D eigenvalue weighted by Gasteiger charge is -2.16. The van der Waals surface area contributed by atoms with Crippen molar-refractivity contribution in [1.29, 1.82) is 0 Å². The van der Waals surface area contributed by atoms with E-state index in [-0.39, 0.29) is 33.9 Å². The number of carbonyl (C=O) groups is 1. The highest BCUT2D eigenvalue weighted by molar-refractivity contribution is 6.30. The van der Waals surface area contributed by atoms with Crippen LogP contribution in [0.4, 0.5) is 17.6 Å². The van der Waals surface area contributed by atoms with Gasteiger partial charge < -0.3 is 9.64 Å². The van der Waals surface area contributed by atoms with Crippen molar-refractivity contribution in [2.45, 2.75) is 25.6 Å². The van der Waals surface area contributed by atoms with E-state index in [1.54, 1.807) is 54.6 Å². The minimum atomic E-state index is -4.62. The number of fused-ring (bicyclic) bond motifs is 1. The second-order valence-electron chi connectivity index (χ2n) is 10.1. The van der Waals surface area contributed by atoms with Crippen molar-refractivity contribution in [3.05, 3.63) is 112 Å². The van der Waals surface area contributed by atoms with E-state index in [4.69, 9.17) is 16.3 Å². The Hall–Kier alpha value is -4.37. The Kier molecular flexibility index (Phi) is 7.36. The lowest BCUT2D eigenvalue weighted by molar-refractivity contribution is -0.136. The molecule has 1 aromatic heterocycles. The Morgan fingerprint density at radius 2 is 1.64 bits per heavy atom. The van der Waals surface area contributed by atoms with E-state index in [1.165, 1.54) is 22.9 Å². The first kappa shape index (κ1) is 27.8. The van der Waals surface area contributed by atoms with Crippen LogP contribution < -0.4 is 4.74 Å². The lowest BCUT2D eigenvalue weighted by Crippen LogP contribution is -2.27. The predicted molar refractivity (Wildman–Crippen MR) is 152 cm³/mol. The van der Waals surface area contributed by atoms with Crippen molar-refractivity contribution in [2.75, 3.05) is 13.1 Å². The van der Waals surface area contributed by atoms with E-state index in [0.29, 0.717) is 28.3 Å². The molecule has 0 saturated carbocycles. The van der Waals surface area contributed by atoms with E-state index in [0.717, 1.165) is 38.1 Å². The van der Waals surface area contributed by atoms with Crippen LogP contribution in [0.25, 0.3) is 22.2 Å². The number of benzene rings is 4. The maximum atomic E-state index is 14.7. The molecule has 2 heterocycles. The summed E-state index contributed by atoms with van der Waals surface area (Å²) >= 11 is 5.89. The van der Waals surface area contributed by atoms with Crippen LogP contribution in [0.5, 0.6) is 11.5 Å². The van der Waals surface area contributed by atoms with Crippen LogP contribution in [-0.4, -0.2) is 33.7 Å². The molecule has 5 aromatic rings. The van der Waals surface area contributed by atoms with Crippen molar-refractivity contribution in [3.63, 3.8) is 0 Å². The monoisotopic (exact) mass is 593 g/mol. The first-order valence-corrected chi connectivity index (χ1v) is 13.7. The molecule has 1 saturated heterocycles. The Balaban J connectivity index is 1.34. The van der Waals surface area contributed by atoms with E-state index in [1.807, 2.05) is 4.90 Å². The molecule has 5 nitrogen and oxygen atoms in total. The molecule has 1 aliphatic heterocycles. The van der Waals surface area contributed by atoms with Crippen LogP contribution in [0.2, 0.25) is 5.02 Å². The Labute approximate surface area is 243 Å². The number of carbonyl (C=O) groups excluding carboxylic acids is 1. The SMILES string of the molecule is O=C(c1cccc(Oc2ccc(-c3c4cccc(C(F)(F)F)c4nn3Cc3ccc(Cl)cc3F)cc2)c1)N1CCCC1. The van der Waals surface area contributed by atoms with Crippen LogP contribution in [0.15, 0.2) is 84.9 Å². The molecular formula is C32H24ClF4N3O2. The smallest absolute Gasteiger partial charge is 0.418 e. The first-order valence-electron chi connectivity index (χ1n) is 13.4. The first-order chi connectivity index (χ1) is 20.2. The third-order valence-electron chi connectivity index (χ3n) is 7.25. The summed E-state index contributed by atoms with van der Waals surface area (Å²) in [5, 5.41) is 4.78. The van der Waals surface area contributed by atoms with Crippen LogP contribution in [-0.2, 0) is 12.7 Å². The molecule has 214 valence electrons. The second kappa shape index (κ2) is 11.1. The van der Waals surface area contributed by atoms with Crippen LogP contribution in [0.1, 0.15) is 34.3 Å². The number of hydrogen-bond donors (Lipinski definition) is 0. The molecule has 0 bridgehead atoms. The average Bonchev–Trinajstić information content (AvgIpc) is 3.63. The minimum absolute atomic E-state index is 0.0382. The number of aromatic nitrogens is 2. The predicted octanol–water partition coefficient (Wildman–Crippen LogP) is 8.59. The van der Waals surface area contributed by atoms with Gasteiger partial charge in [-0.05, 0) is 73.5 Å². The summed E-state index contributed by atoms with van der Waals surface area (Å²) in [6.07, 6.45) is -2.63. The quantitative estimate of drug-likeness (QED) is 0.185. The molecule has 0 radical (unpaired) electrons. The van der Waals surface area contributed by atoms with Crippen molar-refractivity contribution < 1.29 is 27.1 Å². The zero-order valence-corrected chi connectivity index (χ0v) is 22.9. The van der Waals surface area contributed by atoms with Gasteiger partial charge in [-0.2, -0.15) is 18.3 Å². The molecule has 0 unspecified atom stereocenters. The van der Waals surface area contributed by atoms with Gasteiger partial charge in [0, 0.05) is 40.2 Å². The fourth-order valence-corrected chi connectivity index (χ4v) is 5.38. The summed E-state index contributed by atoms with van der Waals surface area (Å²) in [6, 6.07) is 21.8. The molecule has 6 rings (SSSR count). The number of ether oxygens (including phenoxy) is 1. The van der Waals surface area contributed by atoms with E-state index in [9.17, 15) is 22.4 Å². The maximum Gasteiger partial charge on any atom is 0.418 e. The van der Waals surface area contributed by atoms with Crippen molar-refractivity contribution in [2.24, 2.45) is 0 Å². The van der Waals surface area contributed by atoms with Gasteiger partial charge in [-0.15, -0.1) is 0 Å². The molecule has 1 fully saturated rings. The third kappa shape index (κ3) is 5.56. The Morgan fingerprint density at radius 1 is 0.905 bits per heavy atom. The van der Waals surface area contributed by atoms with E-state index < -0.39 is 17.6 Å². The average molecular weight is 594 g/mol. The van der Waals surface area contributed by atoms with Gasteiger partial charge in [0.05, 0.1) is 17.8 Å². The van der Waals surface area contributed by atoms with Crippen LogP contribution in [0.3, 0.4) is 0 Å². The standard InChI is InChI=1S/C32H24ClF4N3O2/c33-23-12-9-22(28(34)18-23)19-40-30(26-7-4-8-27(29(26)38-40)32(35,36)37)20-10-13-24(14-11-20)42-25-6-3-5-21(17-25)31(41)39-15-1-2-16-39/h3-14,17-18H,1-2,15-16,19H2. The van der Waals surface area contributed by atoms with Crippen LogP contribution >= 0.6 is 11.6 Å². The zero-order valence-electron chi connectivity index (χ0n) is 22.2. The van der Waals surface area contributed by atoms with E-state index in [2.05, 4.69) is 5.10 Å². The normalized spacial score (nSPS) is 13.6. The molecule has 42 heavy (non-hydrogen) atoms. The van der Waals surface area contributed by atoms with Gasteiger partial charge in [-0.25, -0.2) is 4.39 Å². The van der Waals surface area contributed by atoms with Crippen LogP contribution in [0, 0.1) is 5.82 Å². The highest BCUT2D eigenvalue weighted by Crippen LogP contribution is 2.39. The number of nitrogens with zero attached hydrogens (tertiary/aromatic N) is 3. The van der Waals surface area contributed by atoms with Gasteiger partial charge >= 0.3 is 6.18 Å². The fourth-order valence-electron chi connectivity index (χ4n) is 5.22. The lowest BCUT2D eigenvalue weighted by atomic mass is 10.0. The number of likely N-dealkylation sites (tertiary alicyclic amines) is 1. The zero-order chi connectivity index (χ0) is 29.4. The molecular weight excluding hydrogens is 570 g/mol. The Bertz CT molecular complexity index is 1780. The van der Waals surface area contributed by atoms with Gasteiger partial charge in [0.2, 0.25) is 0 Å². The number of rotatable bonds is 6. The van der Waals surface area contributed by atoms with Gasteiger partial charge in [0.1, 0.15) is 22.8 Å². The van der Waals surface area contributed by atoms with Crippen molar-refractivity contribution in [3.8, 4) is 22.8 Å². The molecule has 4 aromatic carbocycles. The molecule has 1 aliphatic rings. The number of hydrogen-bond acceptors (Lipinski definition) is 3. The maximum absolute atomic E-state index is 14.7. The largest absolute Gasteiger partial charge is 0.457 e. The molecule has 0 spiro atoms. The summed E-state index contributed by atoms with van der Waals surface area (Å²) in [5.41, 5.74) is 0.627. The number of halogens is 5. The van der Waals surface area contributed by atoms with Gasteiger partial charge in [0.25, 0.3) is 5.91 Å². The second-order valence-corrected chi connectivity index (χ2v) is 10.5. The van der Waals surface area contributed by atoms with Gasteiger partial charge in [0.15, 0.2) is 0 Å². The molecule has 0 aliphatic carbocycles. The molecule has 0 N–H and O–H groups in total. The molecule has 0 atom stereocenters. The Morgan fingerprint density at radius 3 is 2.36 bits per heavy atom. The highest BCUT2D eigenvalue weighted by Gasteiger charge is 2.34. The van der Waals surface area contributed by atoms with E-state index >= 15 is 0 Å².